The third kappa shape index (κ3) is 37.2. The van der Waals surface area contributed by atoms with E-state index in [1.807, 2.05) is 6.08 Å². The van der Waals surface area contributed by atoms with Crippen molar-refractivity contribution in [3.63, 3.8) is 0 Å². The molecule has 0 aromatic rings. The van der Waals surface area contributed by atoms with Gasteiger partial charge in [-0.05, 0) is 77.0 Å². The number of phosphoric acid groups is 1. The minimum Gasteiger partial charge on any atom is -0.462 e. The number of phosphoric ester groups is 1. The summed E-state index contributed by atoms with van der Waals surface area (Å²) in [5.41, 5.74) is 5.33. The number of nitrogens with two attached hydrogens (primary N) is 1. The Kier molecular flexibility index (Phi) is 36.3. The van der Waals surface area contributed by atoms with Crippen LogP contribution in [0.15, 0.2) is 72.9 Å². The largest absolute Gasteiger partial charge is 0.472 e. The molecule has 298 valence electrons. The SMILES string of the molecule is CCCC/C=C/C/C=C/CCCCCCCC(=O)OC[C@H](COP(=O)(O)OCCN)OC(=O)CCC/C=C/C/C=C/C/C=C/C/C=C/CCCCC. The molecule has 0 amide bonds. The quantitative estimate of drug-likeness (QED) is 0.0278. The Balaban J connectivity index is 4.35. The van der Waals surface area contributed by atoms with Crippen LogP contribution in [0.25, 0.3) is 0 Å². The van der Waals surface area contributed by atoms with E-state index < -0.39 is 32.5 Å². The number of esters is 2. The molecule has 0 aliphatic rings. The van der Waals surface area contributed by atoms with E-state index in [1.165, 1.54) is 38.5 Å². The van der Waals surface area contributed by atoms with Crippen molar-refractivity contribution in [3.8, 4) is 0 Å². The maximum atomic E-state index is 12.5. The maximum absolute atomic E-state index is 12.5. The lowest BCUT2D eigenvalue weighted by atomic mass is 10.1. The highest BCUT2D eigenvalue weighted by Crippen LogP contribution is 2.43. The fraction of sp³-hybridized carbons (Fsp3) is 0.667. The van der Waals surface area contributed by atoms with Gasteiger partial charge >= 0.3 is 19.8 Å². The summed E-state index contributed by atoms with van der Waals surface area (Å²) in [6.07, 6.45) is 45.1. The van der Waals surface area contributed by atoms with Crippen molar-refractivity contribution in [1.82, 2.24) is 0 Å². The molecule has 0 aliphatic heterocycles. The van der Waals surface area contributed by atoms with Gasteiger partial charge in [0.2, 0.25) is 0 Å². The number of unbranched alkanes of at least 4 members (excludes halogenated alkanes) is 11. The third-order valence-corrected chi connectivity index (χ3v) is 8.80. The summed E-state index contributed by atoms with van der Waals surface area (Å²) in [6, 6.07) is 0. The van der Waals surface area contributed by atoms with Crippen molar-refractivity contribution in [1.29, 1.82) is 0 Å². The molecule has 3 N–H and O–H groups in total. The summed E-state index contributed by atoms with van der Waals surface area (Å²) in [5.74, 6) is -0.919. The average molecular weight is 750 g/mol. The van der Waals surface area contributed by atoms with E-state index in [4.69, 9.17) is 24.3 Å². The molecule has 0 saturated heterocycles. The second-order valence-electron chi connectivity index (χ2n) is 12.8. The van der Waals surface area contributed by atoms with Crippen LogP contribution < -0.4 is 5.73 Å². The highest BCUT2D eigenvalue weighted by Gasteiger charge is 2.25. The van der Waals surface area contributed by atoms with E-state index >= 15 is 0 Å². The number of carbonyl (C=O) groups excluding carboxylic acids is 2. The van der Waals surface area contributed by atoms with Gasteiger partial charge in [0, 0.05) is 19.4 Å². The molecule has 52 heavy (non-hydrogen) atoms. The second-order valence-corrected chi connectivity index (χ2v) is 14.2. The summed E-state index contributed by atoms with van der Waals surface area (Å²) >= 11 is 0. The lowest BCUT2D eigenvalue weighted by Crippen LogP contribution is -2.29. The average Bonchev–Trinajstić information content (AvgIpc) is 3.13. The Labute approximate surface area is 316 Å². The summed E-state index contributed by atoms with van der Waals surface area (Å²) in [7, 11) is -4.39. The van der Waals surface area contributed by atoms with Gasteiger partial charge in [0.15, 0.2) is 6.10 Å². The van der Waals surface area contributed by atoms with Gasteiger partial charge in [0.1, 0.15) is 6.61 Å². The first-order valence-corrected chi connectivity index (χ1v) is 21.4. The first kappa shape index (κ1) is 49.5. The van der Waals surface area contributed by atoms with Crippen LogP contribution in [0.5, 0.6) is 0 Å². The third-order valence-electron chi connectivity index (χ3n) is 7.81. The molecule has 0 aromatic heterocycles. The monoisotopic (exact) mass is 749 g/mol. The number of rotatable bonds is 36. The van der Waals surface area contributed by atoms with Crippen LogP contribution in [-0.4, -0.2) is 49.3 Å². The Morgan fingerprint density at radius 1 is 0.577 bits per heavy atom. The van der Waals surface area contributed by atoms with E-state index in [1.54, 1.807) is 0 Å². The van der Waals surface area contributed by atoms with Crippen LogP contribution >= 0.6 is 7.82 Å². The molecule has 9 nitrogen and oxygen atoms in total. The Morgan fingerprint density at radius 3 is 1.60 bits per heavy atom. The van der Waals surface area contributed by atoms with Gasteiger partial charge in [-0.15, -0.1) is 0 Å². The predicted octanol–water partition coefficient (Wildman–Crippen LogP) is 11.1. The van der Waals surface area contributed by atoms with Gasteiger partial charge in [-0.25, -0.2) is 4.57 Å². The number of carbonyl (C=O) groups is 2. The smallest absolute Gasteiger partial charge is 0.462 e. The molecule has 0 heterocycles. The summed E-state index contributed by atoms with van der Waals surface area (Å²) in [6.45, 7) is 3.55. The minimum atomic E-state index is -4.39. The number of hydrogen-bond acceptors (Lipinski definition) is 8. The lowest BCUT2D eigenvalue weighted by molar-refractivity contribution is -0.161. The van der Waals surface area contributed by atoms with Crippen LogP contribution in [0, 0.1) is 0 Å². The molecule has 2 atom stereocenters. The fourth-order valence-corrected chi connectivity index (χ4v) is 5.58. The van der Waals surface area contributed by atoms with Crippen LogP contribution in [0.4, 0.5) is 0 Å². The molecule has 0 aromatic carbocycles. The summed E-state index contributed by atoms with van der Waals surface area (Å²) in [4.78, 5) is 34.7. The fourth-order valence-electron chi connectivity index (χ4n) is 4.82. The number of allylic oxidation sites excluding steroid dienone is 12. The summed E-state index contributed by atoms with van der Waals surface area (Å²) < 4.78 is 32.6. The first-order chi connectivity index (χ1) is 25.3. The number of hydrogen-bond donors (Lipinski definition) is 2. The van der Waals surface area contributed by atoms with Gasteiger partial charge in [-0.2, -0.15) is 0 Å². The minimum absolute atomic E-state index is 0.0392. The van der Waals surface area contributed by atoms with E-state index in [-0.39, 0.29) is 32.6 Å². The van der Waals surface area contributed by atoms with Crippen molar-refractivity contribution in [2.75, 3.05) is 26.4 Å². The van der Waals surface area contributed by atoms with E-state index in [2.05, 4.69) is 80.7 Å². The standard InChI is InChI=1S/C42H72NO8P/c1-3-5-7-9-11-13-15-17-19-20-21-23-25-27-29-31-33-35-42(45)51-40(39-50-52(46,47)49-37-36-43)38-48-41(44)34-32-30-28-26-24-22-18-16-14-12-10-8-6-4-2/h10-13,16-19,21,23,27,29,40H,3-9,14-15,20,22,24-26,28,30-39,43H2,1-2H3,(H,46,47)/b12-10+,13-11+,18-16+,19-17+,23-21+,29-27+/t40-/m1/s1. The first-order valence-electron chi connectivity index (χ1n) is 19.9. The molecule has 0 radical (unpaired) electrons. The van der Waals surface area contributed by atoms with E-state index in [9.17, 15) is 19.0 Å². The molecule has 0 rings (SSSR count). The molecule has 0 bridgehead atoms. The van der Waals surface area contributed by atoms with Crippen LogP contribution in [-0.2, 0) is 32.7 Å². The van der Waals surface area contributed by atoms with Crippen molar-refractivity contribution in [2.24, 2.45) is 5.73 Å². The van der Waals surface area contributed by atoms with Crippen molar-refractivity contribution < 1.29 is 37.6 Å². The molecule has 10 heteroatoms. The molecule has 0 aliphatic carbocycles. The zero-order chi connectivity index (χ0) is 38.2. The van der Waals surface area contributed by atoms with Gasteiger partial charge in [-0.1, -0.05) is 132 Å². The van der Waals surface area contributed by atoms with Crippen LogP contribution in [0.2, 0.25) is 0 Å². The molecule has 0 spiro atoms. The zero-order valence-corrected chi connectivity index (χ0v) is 33.4. The number of ether oxygens (including phenoxy) is 2. The zero-order valence-electron chi connectivity index (χ0n) is 32.5. The maximum Gasteiger partial charge on any atom is 0.472 e. The van der Waals surface area contributed by atoms with Crippen LogP contribution in [0.1, 0.15) is 149 Å². The molecular weight excluding hydrogens is 677 g/mol. The Bertz CT molecular complexity index is 1080. The van der Waals surface area contributed by atoms with Gasteiger partial charge in [0.25, 0.3) is 0 Å². The topological polar surface area (TPSA) is 134 Å². The van der Waals surface area contributed by atoms with Gasteiger partial charge < -0.3 is 20.1 Å². The van der Waals surface area contributed by atoms with E-state index in [0.717, 1.165) is 64.2 Å². The van der Waals surface area contributed by atoms with Crippen molar-refractivity contribution in [2.45, 2.75) is 155 Å². The molecular formula is C42H72NO8P. The lowest BCUT2D eigenvalue weighted by Gasteiger charge is -2.19. The van der Waals surface area contributed by atoms with Crippen molar-refractivity contribution in [3.05, 3.63) is 72.9 Å². The molecule has 0 saturated carbocycles. The second kappa shape index (κ2) is 38.2. The predicted molar refractivity (Wildman–Crippen MR) is 215 cm³/mol. The Morgan fingerprint density at radius 2 is 1.04 bits per heavy atom. The Hall–Kier alpha value is -2.55. The molecule has 1 unspecified atom stereocenters. The van der Waals surface area contributed by atoms with Crippen molar-refractivity contribution >= 4 is 19.8 Å². The van der Waals surface area contributed by atoms with Gasteiger partial charge in [-0.3, -0.25) is 18.6 Å². The highest BCUT2D eigenvalue weighted by atomic mass is 31.2. The van der Waals surface area contributed by atoms with E-state index in [0.29, 0.717) is 19.3 Å². The van der Waals surface area contributed by atoms with Crippen LogP contribution in [0.3, 0.4) is 0 Å². The normalized spacial score (nSPS) is 14.2. The summed E-state index contributed by atoms with van der Waals surface area (Å²) in [5, 5.41) is 0. The van der Waals surface area contributed by atoms with Gasteiger partial charge in [0.05, 0.1) is 13.2 Å². The highest BCUT2D eigenvalue weighted by molar-refractivity contribution is 7.47. The molecule has 0 fully saturated rings.